The number of carboxylic acids is 1. The van der Waals surface area contributed by atoms with Gasteiger partial charge >= 0.3 is 5.97 Å². The molecule has 0 atom stereocenters. The van der Waals surface area contributed by atoms with Crippen molar-refractivity contribution in [2.24, 2.45) is 0 Å². The molecule has 5 heteroatoms. The number of rotatable bonds is 11. The fourth-order valence-corrected chi connectivity index (χ4v) is 3.68. The number of unbranched alkanes of at least 4 members (excludes halogenated alkanes) is 5. The van der Waals surface area contributed by atoms with Crippen LogP contribution >= 0.6 is 0 Å². The minimum atomic E-state index is -1.34. The number of halogens is 2. The molecule has 0 aromatic heterocycles. The summed E-state index contributed by atoms with van der Waals surface area (Å²) < 4.78 is 34.4. The Morgan fingerprint density at radius 1 is 0.812 bits per heavy atom. The van der Waals surface area contributed by atoms with Crippen molar-refractivity contribution in [2.75, 3.05) is 6.61 Å². The third-order valence-corrected chi connectivity index (χ3v) is 5.44. The Hall–Kier alpha value is -3.21. The first-order valence-electron chi connectivity index (χ1n) is 11.1. The van der Waals surface area contributed by atoms with E-state index in [1.807, 2.05) is 0 Å². The molecule has 0 aliphatic heterocycles. The molecule has 0 heterocycles. The summed E-state index contributed by atoms with van der Waals surface area (Å²) in [5.41, 5.74) is 1.37. The van der Waals surface area contributed by atoms with E-state index in [0.717, 1.165) is 12.8 Å². The largest absolute Gasteiger partial charge is 0.494 e. The van der Waals surface area contributed by atoms with Gasteiger partial charge in [-0.3, -0.25) is 0 Å². The lowest BCUT2D eigenvalue weighted by molar-refractivity contribution is 0.0692. The maximum atomic E-state index is 15.2. The number of carboxylic acid groups (broad SMARTS) is 1. The highest BCUT2D eigenvalue weighted by molar-refractivity contribution is 5.94. The number of ether oxygens (including phenoxy) is 1. The lowest BCUT2D eigenvalue weighted by atomic mass is 9.92. The minimum absolute atomic E-state index is 0.166. The molecular formula is C27H28F2O3. The SMILES string of the molecule is CCCCCCCCOc1ccc(-c2c(-c3ccc(F)cc3)ccc(C(=O)O)c2F)cc1. The summed E-state index contributed by atoms with van der Waals surface area (Å²) in [4.78, 5) is 11.5. The summed E-state index contributed by atoms with van der Waals surface area (Å²) in [5, 5.41) is 9.36. The predicted octanol–water partition coefficient (Wildman–Crippen LogP) is 7.74. The zero-order valence-electron chi connectivity index (χ0n) is 18.2. The molecule has 0 radical (unpaired) electrons. The first-order chi connectivity index (χ1) is 15.5. The van der Waals surface area contributed by atoms with Gasteiger partial charge in [0, 0.05) is 5.56 Å². The molecule has 168 valence electrons. The first-order valence-corrected chi connectivity index (χ1v) is 11.1. The molecule has 3 aromatic carbocycles. The Labute approximate surface area is 187 Å². The second-order valence-electron chi connectivity index (χ2n) is 7.80. The van der Waals surface area contributed by atoms with Crippen LogP contribution < -0.4 is 4.74 Å². The second-order valence-corrected chi connectivity index (χ2v) is 7.80. The van der Waals surface area contributed by atoms with Crippen LogP contribution in [0.4, 0.5) is 8.78 Å². The van der Waals surface area contributed by atoms with Crippen molar-refractivity contribution in [3.63, 3.8) is 0 Å². The van der Waals surface area contributed by atoms with E-state index < -0.39 is 23.2 Å². The summed E-state index contributed by atoms with van der Waals surface area (Å²) in [6.07, 6.45) is 7.06. The Balaban J connectivity index is 1.80. The highest BCUT2D eigenvalue weighted by Crippen LogP contribution is 2.36. The van der Waals surface area contributed by atoms with Gasteiger partial charge in [-0.05, 0) is 53.4 Å². The lowest BCUT2D eigenvalue weighted by Crippen LogP contribution is -2.03. The normalized spacial score (nSPS) is 10.8. The van der Waals surface area contributed by atoms with E-state index >= 15 is 4.39 Å². The standard InChI is InChI=1S/C27H28F2O3/c1-2-3-4-5-6-7-18-32-22-14-10-20(11-15-22)25-23(19-8-12-21(28)13-9-19)16-17-24(26(25)29)27(30)31/h8-17H,2-7,18H2,1H3,(H,30,31). The summed E-state index contributed by atoms with van der Waals surface area (Å²) in [6, 6.07) is 15.4. The van der Waals surface area contributed by atoms with Crippen molar-refractivity contribution in [1.29, 1.82) is 0 Å². The third kappa shape index (κ3) is 5.94. The molecule has 0 aliphatic rings. The van der Waals surface area contributed by atoms with Crippen LogP contribution in [0.2, 0.25) is 0 Å². The molecule has 32 heavy (non-hydrogen) atoms. The van der Waals surface area contributed by atoms with Gasteiger partial charge in [-0.15, -0.1) is 0 Å². The Bertz CT molecular complexity index is 1030. The van der Waals surface area contributed by atoms with Crippen molar-refractivity contribution >= 4 is 5.97 Å². The number of carbonyl (C=O) groups is 1. The smallest absolute Gasteiger partial charge is 0.338 e. The van der Waals surface area contributed by atoms with Crippen LogP contribution in [-0.4, -0.2) is 17.7 Å². The molecule has 3 aromatic rings. The van der Waals surface area contributed by atoms with E-state index in [2.05, 4.69) is 6.92 Å². The molecular weight excluding hydrogens is 410 g/mol. The van der Waals surface area contributed by atoms with E-state index in [0.29, 0.717) is 29.0 Å². The number of benzene rings is 3. The maximum absolute atomic E-state index is 15.2. The minimum Gasteiger partial charge on any atom is -0.494 e. The number of hydrogen-bond donors (Lipinski definition) is 1. The first kappa shape index (κ1) is 23.5. The molecule has 0 bridgehead atoms. The van der Waals surface area contributed by atoms with Crippen LogP contribution in [0.25, 0.3) is 22.3 Å². The zero-order chi connectivity index (χ0) is 22.9. The van der Waals surface area contributed by atoms with Crippen LogP contribution in [0, 0.1) is 11.6 Å². The van der Waals surface area contributed by atoms with Gasteiger partial charge in [-0.2, -0.15) is 0 Å². The van der Waals surface area contributed by atoms with Gasteiger partial charge in [0.25, 0.3) is 0 Å². The predicted molar refractivity (Wildman–Crippen MR) is 123 cm³/mol. The fourth-order valence-electron chi connectivity index (χ4n) is 3.68. The van der Waals surface area contributed by atoms with Gasteiger partial charge < -0.3 is 9.84 Å². The number of hydrogen-bond acceptors (Lipinski definition) is 2. The van der Waals surface area contributed by atoms with Crippen molar-refractivity contribution in [3.8, 4) is 28.0 Å². The van der Waals surface area contributed by atoms with Gasteiger partial charge in [0.1, 0.15) is 17.4 Å². The highest BCUT2D eigenvalue weighted by atomic mass is 19.1. The molecule has 1 N–H and O–H groups in total. The Morgan fingerprint density at radius 2 is 1.44 bits per heavy atom. The molecule has 0 unspecified atom stereocenters. The van der Waals surface area contributed by atoms with Gasteiger partial charge in [0.15, 0.2) is 0 Å². The molecule has 0 spiro atoms. The van der Waals surface area contributed by atoms with Crippen LogP contribution in [0.15, 0.2) is 60.7 Å². The van der Waals surface area contributed by atoms with E-state index in [4.69, 9.17) is 4.74 Å². The van der Waals surface area contributed by atoms with Crippen molar-refractivity contribution in [2.45, 2.75) is 45.4 Å². The molecule has 0 fully saturated rings. The van der Waals surface area contributed by atoms with Crippen LogP contribution in [0.5, 0.6) is 5.75 Å². The van der Waals surface area contributed by atoms with Gasteiger partial charge in [-0.25, -0.2) is 13.6 Å². The third-order valence-electron chi connectivity index (χ3n) is 5.44. The molecule has 3 nitrogen and oxygen atoms in total. The van der Waals surface area contributed by atoms with Crippen LogP contribution in [0.3, 0.4) is 0 Å². The van der Waals surface area contributed by atoms with E-state index in [9.17, 15) is 14.3 Å². The summed E-state index contributed by atoms with van der Waals surface area (Å²) in [7, 11) is 0. The van der Waals surface area contributed by atoms with Crippen LogP contribution in [0.1, 0.15) is 55.8 Å². The van der Waals surface area contributed by atoms with E-state index in [-0.39, 0.29) is 5.56 Å². The van der Waals surface area contributed by atoms with Gasteiger partial charge in [-0.1, -0.05) is 69.4 Å². The average Bonchev–Trinajstić information content (AvgIpc) is 2.79. The van der Waals surface area contributed by atoms with E-state index in [1.165, 1.54) is 43.9 Å². The molecule has 3 rings (SSSR count). The van der Waals surface area contributed by atoms with Crippen molar-refractivity contribution in [1.82, 2.24) is 0 Å². The zero-order valence-corrected chi connectivity index (χ0v) is 18.2. The van der Waals surface area contributed by atoms with Crippen LogP contribution in [-0.2, 0) is 0 Å². The fraction of sp³-hybridized carbons (Fsp3) is 0.296. The molecule has 0 aliphatic carbocycles. The summed E-state index contributed by atoms with van der Waals surface area (Å²) in [6.45, 7) is 2.81. The van der Waals surface area contributed by atoms with Gasteiger partial charge in [0.05, 0.1) is 12.2 Å². The van der Waals surface area contributed by atoms with Crippen molar-refractivity contribution < 1.29 is 23.4 Å². The quantitative estimate of drug-likeness (QED) is 0.312. The second kappa shape index (κ2) is 11.4. The lowest BCUT2D eigenvalue weighted by Gasteiger charge is -2.14. The monoisotopic (exact) mass is 438 g/mol. The Kier molecular flexibility index (Phi) is 8.37. The Morgan fingerprint density at radius 3 is 2.09 bits per heavy atom. The molecule has 0 saturated carbocycles. The summed E-state index contributed by atoms with van der Waals surface area (Å²) >= 11 is 0. The van der Waals surface area contributed by atoms with Crippen molar-refractivity contribution in [3.05, 3.63) is 77.9 Å². The summed E-state index contributed by atoms with van der Waals surface area (Å²) in [5.74, 6) is -1.88. The van der Waals surface area contributed by atoms with E-state index in [1.54, 1.807) is 42.5 Å². The average molecular weight is 439 g/mol. The number of aromatic carboxylic acids is 1. The highest BCUT2D eigenvalue weighted by Gasteiger charge is 2.20. The topological polar surface area (TPSA) is 46.5 Å². The maximum Gasteiger partial charge on any atom is 0.338 e. The molecule has 0 saturated heterocycles. The van der Waals surface area contributed by atoms with Gasteiger partial charge in [0.2, 0.25) is 0 Å². The molecule has 0 amide bonds.